The van der Waals surface area contributed by atoms with E-state index >= 15 is 0 Å². The Morgan fingerprint density at radius 2 is 2.00 bits per heavy atom. The molecule has 1 unspecified atom stereocenters. The molecular formula is C16H23NO3S. The SMILES string of the molecule is Cc1cccc(S(=O)(=O)NC2CCCC23CCOCC3)c1. The monoisotopic (exact) mass is 309 g/mol. The summed E-state index contributed by atoms with van der Waals surface area (Å²) in [5.41, 5.74) is 1.07. The summed E-state index contributed by atoms with van der Waals surface area (Å²) in [5.74, 6) is 0. The zero-order valence-electron chi connectivity index (χ0n) is 12.5. The molecule has 1 saturated carbocycles. The normalized spacial score (nSPS) is 25.3. The first-order chi connectivity index (χ1) is 10.0. The first-order valence-electron chi connectivity index (χ1n) is 7.69. The molecule has 1 heterocycles. The molecule has 1 aromatic rings. The Bertz CT molecular complexity index is 606. The first kappa shape index (κ1) is 15.0. The minimum atomic E-state index is -3.43. The van der Waals surface area contributed by atoms with Gasteiger partial charge in [0, 0.05) is 19.3 Å². The van der Waals surface area contributed by atoms with Crippen molar-refractivity contribution in [3.63, 3.8) is 0 Å². The van der Waals surface area contributed by atoms with Crippen molar-refractivity contribution in [2.45, 2.75) is 50.0 Å². The molecule has 1 aliphatic heterocycles. The smallest absolute Gasteiger partial charge is 0.240 e. The van der Waals surface area contributed by atoms with Crippen molar-refractivity contribution in [2.75, 3.05) is 13.2 Å². The van der Waals surface area contributed by atoms with Crippen molar-refractivity contribution in [3.05, 3.63) is 29.8 Å². The third-order valence-corrected chi connectivity index (χ3v) is 6.46. The number of hydrogen-bond acceptors (Lipinski definition) is 3. The van der Waals surface area contributed by atoms with Crippen LogP contribution in [0.3, 0.4) is 0 Å². The fraction of sp³-hybridized carbons (Fsp3) is 0.625. The highest BCUT2D eigenvalue weighted by Crippen LogP contribution is 2.46. The van der Waals surface area contributed by atoms with Gasteiger partial charge in [0.25, 0.3) is 0 Å². The van der Waals surface area contributed by atoms with E-state index in [4.69, 9.17) is 4.74 Å². The van der Waals surface area contributed by atoms with Gasteiger partial charge in [0.05, 0.1) is 4.90 Å². The Morgan fingerprint density at radius 3 is 2.71 bits per heavy atom. The predicted molar refractivity (Wildman–Crippen MR) is 81.6 cm³/mol. The van der Waals surface area contributed by atoms with Crippen LogP contribution in [0.25, 0.3) is 0 Å². The summed E-state index contributed by atoms with van der Waals surface area (Å²) in [7, 11) is -3.43. The van der Waals surface area contributed by atoms with Gasteiger partial charge in [-0.3, -0.25) is 0 Å². The maximum absolute atomic E-state index is 12.6. The predicted octanol–water partition coefficient (Wildman–Crippen LogP) is 2.62. The van der Waals surface area contributed by atoms with E-state index in [1.807, 2.05) is 13.0 Å². The maximum atomic E-state index is 12.6. The molecule has 0 aromatic heterocycles. The van der Waals surface area contributed by atoms with Crippen LogP contribution in [0, 0.1) is 12.3 Å². The summed E-state index contributed by atoms with van der Waals surface area (Å²) in [6.07, 6.45) is 5.07. The molecule has 0 radical (unpaired) electrons. The summed E-state index contributed by atoms with van der Waals surface area (Å²) in [4.78, 5) is 0.372. The van der Waals surface area contributed by atoms with E-state index in [1.165, 1.54) is 0 Å². The van der Waals surface area contributed by atoms with Crippen LogP contribution >= 0.6 is 0 Å². The van der Waals surface area contributed by atoms with E-state index < -0.39 is 10.0 Å². The van der Waals surface area contributed by atoms with Crippen molar-refractivity contribution in [1.82, 2.24) is 4.72 Å². The first-order valence-corrected chi connectivity index (χ1v) is 9.17. The van der Waals surface area contributed by atoms with Crippen molar-refractivity contribution < 1.29 is 13.2 Å². The van der Waals surface area contributed by atoms with Gasteiger partial charge in [0.2, 0.25) is 10.0 Å². The minimum Gasteiger partial charge on any atom is -0.381 e. The summed E-state index contributed by atoms with van der Waals surface area (Å²) in [6, 6.07) is 7.15. The lowest BCUT2D eigenvalue weighted by atomic mass is 9.76. The highest BCUT2D eigenvalue weighted by molar-refractivity contribution is 7.89. The molecule has 4 nitrogen and oxygen atoms in total. The average Bonchev–Trinajstić information content (AvgIpc) is 2.81. The topological polar surface area (TPSA) is 55.4 Å². The van der Waals surface area contributed by atoms with Crippen LogP contribution < -0.4 is 4.72 Å². The quantitative estimate of drug-likeness (QED) is 0.934. The lowest BCUT2D eigenvalue weighted by molar-refractivity contribution is 0.00801. The molecule has 116 valence electrons. The Labute approximate surface area is 126 Å². The standard InChI is InChI=1S/C16H23NO3S/c1-13-4-2-5-14(12-13)21(18,19)17-15-6-3-7-16(15)8-10-20-11-9-16/h2,4-5,12,15,17H,3,6-11H2,1H3. The molecule has 1 atom stereocenters. The molecule has 1 N–H and O–H groups in total. The zero-order valence-corrected chi connectivity index (χ0v) is 13.3. The number of aryl methyl sites for hydroxylation is 1. The summed E-state index contributed by atoms with van der Waals surface area (Å²) in [6.45, 7) is 3.42. The van der Waals surface area contributed by atoms with Crippen molar-refractivity contribution in [2.24, 2.45) is 5.41 Å². The van der Waals surface area contributed by atoms with E-state index in [2.05, 4.69) is 4.72 Å². The molecule has 3 rings (SSSR count). The summed E-state index contributed by atoms with van der Waals surface area (Å²) >= 11 is 0. The average molecular weight is 309 g/mol. The number of ether oxygens (including phenoxy) is 1. The van der Waals surface area contributed by atoms with Gasteiger partial charge >= 0.3 is 0 Å². The van der Waals surface area contributed by atoms with Gasteiger partial charge in [0.1, 0.15) is 0 Å². The second-order valence-electron chi connectivity index (χ2n) is 6.36. The zero-order chi connectivity index (χ0) is 14.9. The number of hydrogen-bond donors (Lipinski definition) is 1. The molecule has 2 fully saturated rings. The van der Waals surface area contributed by atoms with Crippen LogP contribution in [-0.2, 0) is 14.8 Å². The molecule has 0 bridgehead atoms. The fourth-order valence-electron chi connectivity index (χ4n) is 3.74. The second kappa shape index (κ2) is 5.71. The third-order valence-electron chi connectivity index (χ3n) is 4.99. The van der Waals surface area contributed by atoms with Crippen LogP contribution in [0.1, 0.15) is 37.7 Å². The number of nitrogens with one attached hydrogen (secondary N) is 1. The van der Waals surface area contributed by atoms with Gasteiger partial charge in [-0.15, -0.1) is 0 Å². The van der Waals surface area contributed by atoms with Crippen LogP contribution in [0.15, 0.2) is 29.2 Å². The van der Waals surface area contributed by atoms with Gasteiger partial charge in [-0.05, 0) is 55.7 Å². The highest BCUT2D eigenvalue weighted by atomic mass is 32.2. The molecule has 0 amide bonds. The molecule has 1 spiro atoms. The van der Waals surface area contributed by atoms with E-state index in [0.29, 0.717) is 4.90 Å². The van der Waals surface area contributed by atoms with Crippen LogP contribution in [0.4, 0.5) is 0 Å². The van der Waals surface area contributed by atoms with Gasteiger partial charge in [-0.1, -0.05) is 18.6 Å². The highest BCUT2D eigenvalue weighted by Gasteiger charge is 2.45. The van der Waals surface area contributed by atoms with Crippen molar-refractivity contribution in [3.8, 4) is 0 Å². The Hall–Kier alpha value is -0.910. The Morgan fingerprint density at radius 1 is 1.24 bits per heavy atom. The third kappa shape index (κ3) is 3.00. The van der Waals surface area contributed by atoms with Crippen LogP contribution in [-0.4, -0.2) is 27.7 Å². The van der Waals surface area contributed by atoms with Gasteiger partial charge in [0.15, 0.2) is 0 Å². The number of benzene rings is 1. The molecule has 21 heavy (non-hydrogen) atoms. The fourth-order valence-corrected chi connectivity index (χ4v) is 5.21. The maximum Gasteiger partial charge on any atom is 0.240 e. The Kier molecular flexibility index (Phi) is 4.08. The van der Waals surface area contributed by atoms with Crippen molar-refractivity contribution >= 4 is 10.0 Å². The van der Waals surface area contributed by atoms with Crippen LogP contribution in [0.5, 0.6) is 0 Å². The van der Waals surface area contributed by atoms with Gasteiger partial charge < -0.3 is 4.74 Å². The Balaban J connectivity index is 1.81. The van der Waals surface area contributed by atoms with Gasteiger partial charge in [-0.25, -0.2) is 13.1 Å². The molecule has 1 aliphatic carbocycles. The summed E-state index contributed by atoms with van der Waals surface area (Å²) < 4.78 is 33.7. The van der Waals surface area contributed by atoms with E-state index in [0.717, 1.165) is 50.9 Å². The molecule has 1 aromatic carbocycles. The lowest BCUT2D eigenvalue weighted by Crippen LogP contribution is -2.46. The van der Waals surface area contributed by atoms with E-state index in [-0.39, 0.29) is 11.5 Å². The number of rotatable bonds is 3. The lowest BCUT2D eigenvalue weighted by Gasteiger charge is -2.39. The molecule has 1 saturated heterocycles. The van der Waals surface area contributed by atoms with Crippen molar-refractivity contribution in [1.29, 1.82) is 0 Å². The largest absolute Gasteiger partial charge is 0.381 e. The van der Waals surface area contributed by atoms with E-state index in [9.17, 15) is 8.42 Å². The molecular weight excluding hydrogens is 286 g/mol. The van der Waals surface area contributed by atoms with Crippen LogP contribution in [0.2, 0.25) is 0 Å². The summed E-state index contributed by atoms with van der Waals surface area (Å²) in [5, 5.41) is 0. The van der Waals surface area contributed by atoms with Gasteiger partial charge in [-0.2, -0.15) is 0 Å². The molecule has 5 heteroatoms. The number of sulfonamides is 1. The molecule has 2 aliphatic rings. The minimum absolute atomic E-state index is 0.0481. The van der Waals surface area contributed by atoms with E-state index in [1.54, 1.807) is 18.2 Å². The second-order valence-corrected chi connectivity index (χ2v) is 8.07.